The van der Waals surface area contributed by atoms with E-state index in [-0.39, 0.29) is 11.7 Å². The third kappa shape index (κ3) is 2.16. The SMILES string of the molecule is CC(O)c1onc(-c2cccs2)c1C(=O)N(C)C. The summed E-state index contributed by atoms with van der Waals surface area (Å²) in [7, 11) is 3.30. The highest BCUT2D eigenvalue weighted by Gasteiger charge is 2.27. The summed E-state index contributed by atoms with van der Waals surface area (Å²) in [5.74, 6) is -0.0207. The molecule has 96 valence electrons. The van der Waals surface area contributed by atoms with Gasteiger partial charge in [0.05, 0.1) is 4.88 Å². The highest BCUT2D eigenvalue weighted by molar-refractivity contribution is 7.13. The highest BCUT2D eigenvalue weighted by Crippen LogP contribution is 2.32. The van der Waals surface area contributed by atoms with Crippen molar-refractivity contribution in [3.05, 3.63) is 28.8 Å². The van der Waals surface area contributed by atoms with Crippen LogP contribution in [-0.4, -0.2) is 35.2 Å². The number of hydrogen-bond donors (Lipinski definition) is 1. The first-order chi connectivity index (χ1) is 8.52. The Bertz CT molecular complexity index is 544. The molecule has 5 nitrogen and oxygen atoms in total. The van der Waals surface area contributed by atoms with Crippen LogP contribution in [-0.2, 0) is 0 Å². The van der Waals surface area contributed by atoms with Crippen molar-refractivity contribution in [1.29, 1.82) is 0 Å². The van der Waals surface area contributed by atoms with Crippen molar-refractivity contribution < 1.29 is 14.4 Å². The number of nitrogens with zero attached hydrogens (tertiary/aromatic N) is 2. The van der Waals surface area contributed by atoms with Crippen molar-refractivity contribution in [2.75, 3.05) is 14.1 Å². The maximum absolute atomic E-state index is 12.2. The topological polar surface area (TPSA) is 66.6 Å². The fraction of sp³-hybridized carbons (Fsp3) is 0.333. The minimum absolute atomic E-state index is 0.206. The summed E-state index contributed by atoms with van der Waals surface area (Å²) in [5, 5.41) is 15.5. The first-order valence-corrected chi connectivity index (χ1v) is 6.33. The lowest BCUT2D eigenvalue weighted by Gasteiger charge is -2.11. The second-order valence-electron chi connectivity index (χ2n) is 4.12. The lowest BCUT2D eigenvalue weighted by Crippen LogP contribution is -2.23. The van der Waals surface area contributed by atoms with Gasteiger partial charge in [-0.2, -0.15) is 0 Å². The first-order valence-electron chi connectivity index (χ1n) is 5.45. The zero-order valence-electron chi connectivity index (χ0n) is 10.4. The van der Waals surface area contributed by atoms with E-state index in [1.807, 2.05) is 17.5 Å². The number of thiophene rings is 1. The van der Waals surface area contributed by atoms with Crippen LogP contribution < -0.4 is 0 Å². The van der Waals surface area contributed by atoms with Gasteiger partial charge in [0.1, 0.15) is 17.4 Å². The van der Waals surface area contributed by atoms with Crippen LogP contribution in [0.3, 0.4) is 0 Å². The van der Waals surface area contributed by atoms with Gasteiger partial charge in [0.2, 0.25) is 0 Å². The number of hydrogen-bond acceptors (Lipinski definition) is 5. The van der Waals surface area contributed by atoms with E-state index >= 15 is 0 Å². The Morgan fingerprint density at radius 2 is 2.28 bits per heavy atom. The van der Waals surface area contributed by atoms with Gasteiger partial charge >= 0.3 is 0 Å². The molecule has 0 aliphatic heterocycles. The summed E-state index contributed by atoms with van der Waals surface area (Å²) in [5.41, 5.74) is 0.817. The Morgan fingerprint density at radius 3 is 2.78 bits per heavy atom. The fourth-order valence-corrected chi connectivity index (χ4v) is 2.31. The van der Waals surface area contributed by atoms with Crippen molar-refractivity contribution in [3.8, 4) is 10.6 Å². The number of carbonyl (C=O) groups is 1. The predicted molar refractivity (Wildman–Crippen MR) is 68.5 cm³/mol. The third-order valence-corrected chi connectivity index (χ3v) is 3.35. The Balaban J connectivity index is 2.58. The Kier molecular flexibility index (Phi) is 3.49. The molecule has 0 saturated heterocycles. The summed E-state index contributed by atoms with van der Waals surface area (Å²) < 4.78 is 5.11. The molecule has 2 aromatic rings. The van der Waals surface area contributed by atoms with Crippen LogP contribution in [0.2, 0.25) is 0 Å². The van der Waals surface area contributed by atoms with E-state index in [1.54, 1.807) is 21.0 Å². The van der Waals surface area contributed by atoms with Crippen LogP contribution >= 0.6 is 11.3 Å². The van der Waals surface area contributed by atoms with E-state index in [4.69, 9.17) is 4.52 Å². The molecule has 1 atom stereocenters. The molecule has 18 heavy (non-hydrogen) atoms. The molecule has 1 amide bonds. The lowest BCUT2D eigenvalue weighted by atomic mass is 10.1. The molecule has 0 fully saturated rings. The van der Waals surface area contributed by atoms with Gasteiger partial charge in [0, 0.05) is 14.1 Å². The van der Waals surface area contributed by atoms with E-state index in [9.17, 15) is 9.90 Å². The normalized spacial score (nSPS) is 12.4. The van der Waals surface area contributed by atoms with Crippen LogP contribution in [0.1, 0.15) is 29.1 Å². The quantitative estimate of drug-likeness (QED) is 0.924. The standard InChI is InChI=1S/C12H14N2O3S/c1-7(15)11-9(12(16)14(2)3)10(13-17-11)8-5-4-6-18-8/h4-7,15H,1-3H3. The zero-order valence-corrected chi connectivity index (χ0v) is 11.2. The molecule has 1 unspecified atom stereocenters. The largest absolute Gasteiger partial charge is 0.385 e. The highest BCUT2D eigenvalue weighted by atomic mass is 32.1. The molecule has 0 saturated carbocycles. The smallest absolute Gasteiger partial charge is 0.259 e. The molecule has 0 aliphatic carbocycles. The predicted octanol–water partition coefficient (Wildman–Crippen LogP) is 2.16. The number of carbonyl (C=O) groups excluding carboxylic acids is 1. The van der Waals surface area contributed by atoms with E-state index in [0.29, 0.717) is 11.3 Å². The minimum Gasteiger partial charge on any atom is -0.385 e. The van der Waals surface area contributed by atoms with E-state index in [0.717, 1.165) is 4.88 Å². The van der Waals surface area contributed by atoms with Crippen LogP contribution in [0.4, 0.5) is 0 Å². The number of aromatic nitrogens is 1. The van der Waals surface area contributed by atoms with Crippen LogP contribution in [0.15, 0.2) is 22.0 Å². The van der Waals surface area contributed by atoms with Crippen molar-refractivity contribution in [2.45, 2.75) is 13.0 Å². The van der Waals surface area contributed by atoms with Gasteiger partial charge in [0.25, 0.3) is 5.91 Å². The molecule has 2 rings (SSSR count). The molecular formula is C12H14N2O3S. The van der Waals surface area contributed by atoms with Crippen molar-refractivity contribution >= 4 is 17.2 Å². The maximum Gasteiger partial charge on any atom is 0.259 e. The number of amides is 1. The van der Waals surface area contributed by atoms with Gasteiger partial charge in [0.15, 0.2) is 5.76 Å². The van der Waals surface area contributed by atoms with E-state index in [1.165, 1.54) is 16.2 Å². The maximum atomic E-state index is 12.2. The summed E-state index contributed by atoms with van der Waals surface area (Å²) in [6, 6.07) is 3.74. The van der Waals surface area contributed by atoms with Crippen LogP contribution in [0.5, 0.6) is 0 Å². The second kappa shape index (κ2) is 4.91. The van der Waals surface area contributed by atoms with E-state index in [2.05, 4.69) is 5.16 Å². The minimum atomic E-state index is -0.870. The number of aliphatic hydroxyl groups is 1. The van der Waals surface area contributed by atoms with Crippen molar-refractivity contribution in [2.24, 2.45) is 0 Å². The van der Waals surface area contributed by atoms with Crippen LogP contribution in [0.25, 0.3) is 10.6 Å². The van der Waals surface area contributed by atoms with Gasteiger partial charge in [-0.3, -0.25) is 4.79 Å². The molecule has 0 radical (unpaired) electrons. The molecule has 2 aromatic heterocycles. The summed E-state index contributed by atoms with van der Waals surface area (Å²) in [4.78, 5) is 14.4. The molecule has 0 aliphatic rings. The fourth-order valence-electron chi connectivity index (χ4n) is 1.60. The summed E-state index contributed by atoms with van der Waals surface area (Å²) in [6.45, 7) is 1.55. The monoisotopic (exact) mass is 266 g/mol. The number of rotatable bonds is 3. The molecule has 1 N–H and O–H groups in total. The van der Waals surface area contributed by atoms with E-state index < -0.39 is 6.10 Å². The zero-order chi connectivity index (χ0) is 13.3. The molecule has 0 bridgehead atoms. The van der Waals surface area contributed by atoms with Gasteiger partial charge in [-0.1, -0.05) is 11.2 Å². The summed E-state index contributed by atoms with van der Waals surface area (Å²) in [6.07, 6.45) is -0.870. The Labute approximate surface area is 109 Å². The summed E-state index contributed by atoms with van der Waals surface area (Å²) >= 11 is 1.47. The van der Waals surface area contributed by atoms with Crippen molar-refractivity contribution in [3.63, 3.8) is 0 Å². The third-order valence-electron chi connectivity index (χ3n) is 2.47. The first kappa shape index (κ1) is 12.8. The molecule has 0 spiro atoms. The van der Waals surface area contributed by atoms with Gasteiger partial charge < -0.3 is 14.5 Å². The number of aliphatic hydroxyl groups excluding tert-OH is 1. The Hall–Kier alpha value is -1.66. The molecule has 6 heteroatoms. The Morgan fingerprint density at radius 1 is 1.56 bits per heavy atom. The molecule has 2 heterocycles. The van der Waals surface area contributed by atoms with Gasteiger partial charge in [-0.15, -0.1) is 11.3 Å². The van der Waals surface area contributed by atoms with Crippen molar-refractivity contribution in [1.82, 2.24) is 10.1 Å². The molecular weight excluding hydrogens is 252 g/mol. The van der Waals surface area contributed by atoms with Crippen LogP contribution in [0, 0.1) is 0 Å². The average Bonchev–Trinajstić information content (AvgIpc) is 2.95. The van der Waals surface area contributed by atoms with Gasteiger partial charge in [-0.05, 0) is 18.4 Å². The molecule has 0 aromatic carbocycles. The average molecular weight is 266 g/mol. The van der Waals surface area contributed by atoms with Gasteiger partial charge in [-0.25, -0.2) is 0 Å². The lowest BCUT2D eigenvalue weighted by molar-refractivity contribution is 0.0815. The second-order valence-corrected chi connectivity index (χ2v) is 5.07.